The van der Waals surface area contributed by atoms with Crippen molar-refractivity contribution in [3.05, 3.63) is 53.6 Å². The zero-order valence-electron chi connectivity index (χ0n) is 15.3. The maximum absolute atomic E-state index is 12.0. The molecule has 0 saturated carbocycles. The number of methoxy groups -OCH3 is 1. The Hall–Kier alpha value is -2.86. The molecule has 6 heteroatoms. The number of benzene rings is 2. The highest BCUT2D eigenvalue weighted by Crippen LogP contribution is 2.20. The normalized spacial score (nSPS) is 10.3. The number of amides is 2. The van der Waals surface area contributed by atoms with Crippen LogP contribution in [0.25, 0.3) is 0 Å². The summed E-state index contributed by atoms with van der Waals surface area (Å²) < 4.78 is 10.4. The fourth-order valence-electron chi connectivity index (χ4n) is 2.32. The van der Waals surface area contributed by atoms with Gasteiger partial charge in [-0.05, 0) is 55.3 Å². The van der Waals surface area contributed by atoms with Crippen LogP contribution in [-0.4, -0.2) is 32.1 Å². The van der Waals surface area contributed by atoms with Crippen molar-refractivity contribution >= 4 is 23.2 Å². The number of carbonyl (C=O) groups excluding carboxylic acids is 2. The summed E-state index contributed by atoms with van der Waals surface area (Å²) in [5.74, 6) is 0.438. The fraction of sp³-hybridized carbons (Fsp3) is 0.300. The Bertz CT molecular complexity index is 757. The quantitative estimate of drug-likeness (QED) is 0.761. The molecule has 0 saturated heterocycles. The highest BCUT2D eigenvalue weighted by Gasteiger charge is 2.06. The molecule has 2 amide bonds. The fourth-order valence-corrected chi connectivity index (χ4v) is 2.32. The summed E-state index contributed by atoms with van der Waals surface area (Å²) in [5.41, 5.74) is 3.54. The minimum atomic E-state index is -0.229. The van der Waals surface area contributed by atoms with Gasteiger partial charge in [0.05, 0.1) is 13.0 Å². The second kappa shape index (κ2) is 9.58. The van der Waals surface area contributed by atoms with Crippen molar-refractivity contribution in [3.8, 4) is 5.75 Å². The monoisotopic (exact) mass is 356 g/mol. The van der Waals surface area contributed by atoms with Gasteiger partial charge in [0.2, 0.25) is 11.8 Å². The summed E-state index contributed by atoms with van der Waals surface area (Å²) in [6, 6.07) is 12.8. The zero-order chi connectivity index (χ0) is 18.9. The number of hydrogen-bond donors (Lipinski definition) is 2. The van der Waals surface area contributed by atoms with Gasteiger partial charge in [-0.25, -0.2) is 0 Å². The van der Waals surface area contributed by atoms with Gasteiger partial charge >= 0.3 is 0 Å². The Kier molecular flexibility index (Phi) is 7.17. The zero-order valence-corrected chi connectivity index (χ0v) is 15.3. The van der Waals surface area contributed by atoms with Gasteiger partial charge in [-0.2, -0.15) is 0 Å². The van der Waals surface area contributed by atoms with Gasteiger partial charge in [-0.3, -0.25) is 9.59 Å². The molecule has 0 spiro atoms. The molecule has 138 valence electrons. The minimum Gasteiger partial charge on any atom is -0.493 e. The van der Waals surface area contributed by atoms with Crippen LogP contribution >= 0.6 is 0 Å². The molecule has 0 fully saturated rings. The minimum absolute atomic E-state index is 0.00109. The highest BCUT2D eigenvalue weighted by molar-refractivity contribution is 5.93. The number of carbonyl (C=O) groups is 2. The summed E-state index contributed by atoms with van der Waals surface area (Å²) in [6.45, 7) is 4.33. The van der Waals surface area contributed by atoms with E-state index in [0.717, 1.165) is 16.9 Å². The number of anilines is 2. The first-order chi connectivity index (χ1) is 12.5. The Balaban J connectivity index is 1.78. The van der Waals surface area contributed by atoms with Gasteiger partial charge in [0.25, 0.3) is 0 Å². The molecule has 6 nitrogen and oxygen atoms in total. The summed E-state index contributed by atoms with van der Waals surface area (Å²) >= 11 is 0. The maximum Gasteiger partial charge on any atom is 0.250 e. The van der Waals surface area contributed by atoms with Crippen LogP contribution in [0, 0.1) is 13.8 Å². The van der Waals surface area contributed by atoms with Crippen molar-refractivity contribution in [1.82, 2.24) is 0 Å². The molecule has 2 aromatic rings. The maximum atomic E-state index is 12.0. The predicted molar refractivity (Wildman–Crippen MR) is 102 cm³/mol. The van der Waals surface area contributed by atoms with Crippen LogP contribution in [0.2, 0.25) is 0 Å². The lowest BCUT2D eigenvalue weighted by Gasteiger charge is -2.11. The standard InChI is InChI=1S/C20H24N2O4/c1-14-5-4-6-18(15(14)2)26-12-11-19(23)21-16-7-9-17(10-8-16)22-20(24)13-25-3/h4-10H,11-13H2,1-3H3,(H,21,23)(H,22,24). The van der Waals surface area contributed by atoms with Gasteiger partial charge in [0.15, 0.2) is 0 Å². The first-order valence-corrected chi connectivity index (χ1v) is 8.37. The molecule has 0 aromatic heterocycles. The summed E-state index contributed by atoms with van der Waals surface area (Å²) in [5, 5.41) is 5.49. The van der Waals surface area contributed by atoms with Crippen molar-refractivity contribution in [2.75, 3.05) is 31.0 Å². The first kappa shape index (κ1) is 19.5. The van der Waals surface area contributed by atoms with E-state index in [-0.39, 0.29) is 24.8 Å². The van der Waals surface area contributed by atoms with Gasteiger partial charge in [0.1, 0.15) is 12.4 Å². The van der Waals surface area contributed by atoms with Crippen LogP contribution in [0.5, 0.6) is 5.75 Å². The Morgan fingerprint density at radius 1 is 0.923 bits per heavy atom. The molecule has 0 aliphatic rings. The molecular formula is C20H24N2O4. The van der Waals surface area contributed by atoms with E-state index in [2.05, 4.69) is 10.6 Å². The van der Waals surface area contributed by atoms with Crippen LogP contribution in [-0.2, 0) is 14.3 Å². The van der Waals surface area contributed by atoms with Crippen molar-refractivity contribution in [3.63, 3.8) is 0 Å². The summed E-state index contributed by atoms with van der Waals surface area (Å²) in [7, 11) is 1.46. The molecule has 0 atom stereocenters. The van der Waals surface area contributed by atoms with Gasteiger partial charge in [-0.15, -0.1) is 0 Å². The second-order valence-corrected chi connectivity index (χ2v) is 5.90. The lowest BCUT2D eigenvalue weighted by molar-refractivity contribution is -0.119. The molecule has 0 bridgehead atoms. The number of rotatable bonds is 8. The number of nitrogens with one attached hydrogen (secondary N) is 2. The first-order valence-electron chi connectivity index (χ1n) is 8.37. The lowest BCUT2D eigenvalue weighted by atomic mass is 10.1. The number of hydrogen-bond acceptors (Lipinski definition) is 4. The van der Waals surface area contributed by atoms with E-state index in [9.17, 15) is 9.59 Å². The Morgan fingerprint density at radius 2 is 1.54 bits per heavy atom. The molecule has 0 heterocycles. The molecule has 2 rings (SSSR count). The van der Waals surface area contributed by atoms with Crippen molar-refractivity contribution in [1.29, 1.82) is 0 Å². The number of ether oxygens (including phenoxy) is 2. The van der Waals surface area contributed by atoms with Crippen molar-refractivity contribution in [2.24, 2.45) is 0 Å². The topological polar surface area (TPSA) is 76.7 Å². The van der Waals surface area contributed by atoms with Gasteiger partial charge in [0, 0.05) is 18.5 Å². The van der Waals surface area contributed by atoms with Gasteiger partial charge < -0.3 is 20.1 Å². The molecule has 0 aliphatic carbocycles. The van der Waals surface area contributed by atoms with E-state index in [0.29, 0.717) is 18.0 Å². The van der Waals surface area contributed by atoms with E-state index in [1.54, 1.807) is 24.3 Å². The third kappa shape index (κ3) is 5.89. The van der Waals surface area contributed by atoms with E-state index in [1.807, 2.05) is 32.0 Å². The lowest BCUT2D eigenvalue weighted by Crippen LogP contribution is -2.17. The average Bonchev–Trinajstić information content (AvgIpc) is 2.60. The summed E-state index contributed by atoms with van der Waals surface area (Å²) in [6.07, 6.45) is 0.250. The smallest absolute Gasteiger partial charge is 0.250 e. The average molecular weight is 356 g/mol. The molecular weight excluding hydrogens is 332 g/mol. The molecule has 26 heavy (non-hydrogen) atoms. The van der Waals surface area contributed by atoms with Gasteiger partial charge in [-0.1, -0.05) is 12.1 Å². The van der Waals surface area contributed by atoms with Crippen LogP contribution in [0.3, 0.4) is 0 Å². The van der Waals surface area contributed by atoms with E-state index < -0.39 is 0 Å². The van der Waals surface area contributed by atoms with E-state index >= 15 is 0 Å². The predicted octanol–water partition coefficient (Wildman–Crippen LogP) is 3.30. The summed E-state index contributed by atoms with van der Waals surface area (Å²) in [4.78, 5) is 23.5. The highest BCUT2D eigenvalue weighted by atomic mass is 16.5. The van der Waals surface area contributed by atoms with E-state index in [1.165, 1.54) is 7.11 Å². The SMILES string of the molecule is COCC(=O)Nc1ccc(NC(=O)CCOc2cccc(C)c2C)cc1. The van der Waals surface area contributed by atoms with Crippen LogP contribution in [0.4, 0.5) is 11.4 Å². The van der Waals surface area contributed by atoms with Crippen molar-refractivity contribution < 1.29 is 19.1 Å². The molecule has 0 radical (unpaired) electrons. The largest absolute Gasteiger partial charge is 0.493 e. The molecule has 0 aliphatic heterocycles. The van der Waals surface area contributed by atoms with Crippen LogP contribution in [0.15, 0.2) is 42.5 Å². The van der Waals surface area contributed by atoms with Crippen LogP contribution in [0.1, 0.15) is 17.5 Å². The van der Waals surface area contributed by atoms with E-state index in [4.69, 9.17) is 9.47 Å². The molecule has 2 aromatic carbocycles. The third-order valence-electron chi connectivity index (χ3n) is 3.87. The van der Waals surface area contributed by atoms with Crippen molar-refractivity contribution in [2.45, 2.75) is 20.3 Å². The molecule has 0 unspecified atom stereocenters. The second-order valence-electron chi connectivity index (χ2n) is 5.90. The van der Waals surface area contributed by atoms with Crippen LogP contribution < -0.4 is 15.4 Å². The Morgan fingerprint density at radius 3 is 2.15 bits per heavy atom. The molecule has 2 N–H and O–H groups in total. The number of aryl methyl sites for hydroxylation is 1. The third-order valence-corrected chi connectivity index (χ3v) is 3.87. The Labute approximate surface area is 153 Å².